The van der Waals surface area contributed by atoms with Crippen LogP contribution in [0.4, 0.5) is 5.69 Å². The predicted molar refractivity (Wildman–Crippen MR) is 117 cm³/mol. The molecule has 1 atom stereocenters. The molecule has 27 heavy (non-hydrogen) atoms. The summed E-state index contributed by atoms with van der Waals surface area (Å²) in [5, 5.41) is 3.60. The number of nitrogens with one attached hydrogen (secondary N) is 1. The number of hydrogen-bond donors (Lipinski definition) is 1. The summed E-state index contributed by atoms with van der Waals surface area (Å²) in [5.74, 6) is 2.13. The van der Waals surface area contributed by atoms with Crippen LogP contribution in [0, 0.1) is 5.92 Å². The van der Waals surface area contributed by atoms with E-state index in [0.717, 1.165) is 25.3 Å². The number of nitrogens with zero attached hydrogens (tertiary/aromatic N) is 1. The summed E-state index contributed by atoms with van der Waals surface area (Å²) in [6, 6.07) is 17.4. The van der Waals surface area contributed by atoms with Gasteiger partial charge in [-0.1, -0.05) is 38.1 Å². The second-order valence-electron chi connectivity index (χ2n) is 8.11. The zero-order chi connectivity index (χ0) is 19.8. The Kier molecular flexibility index (Phi) is 8.18. The van der Waals surface area contributed by atoms with Crippen LogP contribution in [-0.2, 0) is 6.54 Å². The lowest BCUT2D eigenvalue weighted by atomic mass is 9.86. The van der Waals surface area contributed by atoms with Crippen LogP contribution in [0.5, 0.6) is 5.75 Å². The average Bonchev–Trinajstić information content (AvgIpc) is 2.62. The van der Waals surface area contributed by atoms with Crippen LogP contribution in [0.15, 0.2) is 48.5 Å². The van der Waals surface area contributed by atoms with E-state index in [4.69, 9.17) is 4.74 Å². The maximum atomic E-state index is 5.76. The molecular weight excluding hydrogens is 332 g/mol. The first kappa shape index (κ1) is 21.3. The van der Waals surface area contributed by atoms with Gasteiger partial charge in [-0.15, -0.1) is 0 Å². The second kappa shape index (κ2) is 10.4. The van der Waals surface area contributed by atoms with Gasteiger partial charge in [0, 0.05) is 26.3 Å². The maximum absolute atomic E-state index is 5.76. The first-order chi connectivity index (χ1) is 12.9. The van der Waals surface area contributed by atoms with Crippen molar-refractivity contribution in [1.82, 2.24) is 5.32 Å². The highest BCUT2D eigenvalue weighted by Crippen LogP contribution is 2.29. The van der Waals surface area contributed by atoms with Gasteiger partial charge in [-0.2, -0.15) is 0 Å². The zero-order valence-electron chi connectivity index (χ0n) is 17.8. The molecule has 0 radical (unpaired) electrons. The lowest BCUT2D eigenvalue weighted by molar-refractivity contribution is 0.242. The summed E-state index contributed by atoms with van der Waals surface area (Å²) < 4.78 is 5.76. The van der Waals surface area contributed by atoms with E-state index in [9.17, 15) is 0 Å². The van der Waals surface area contributed by atoms with Crippen molar-refractivity contribution in [3.05, 3.63) is 59.7 Å². The fourth-order valence-corrected chi connectivity index (χ4v) is 3.35. The minimum absolute atomic E-state index is 0.215. The Morgan fingerprint density at radius 2 is 1.52 bits per heavy atom. The van der Waals surface area contributed by atoms with Crippen molar-refractivity contribution in [2.75, 3.05) is 25.5 Å². The third-order valence-electron chi connectivity index (χ3n) is 4.90. The lowest BCUT2D eigenvalue weighted by Gasteiger charge is -2.22. The van der Waals surface area contributed by atoms with Gasteiger partial charge in [0.25, 0.3) is 0 Å². The van der Waals surface area contributed by atoms with E-state index in [-0.39, 0.29) is 6.10 Å². The number of rotatable bonds is 10. The molecule has 3 heteroatoms. The fourth-order valence-electron chi connectivity index (χ4n) is 3.35. The van der Waals surface area contributed by atoms with Crippen LogP contribution in [0.1, 0.15) is 51.2 Å². The number of anilines is 1. The average molecular weight is 369 g/mol. The summed E-state index contributed by atoms with van der Waals surface area (Å²) in [6.45, 7) is 10.7. The Morgan fingerprint density at radius 3 is 2.04 bits per heavy atom. The first-order valence-electron chi connectivity index (χ1n) is 10.1. The molecule has 0 aromatic heterocycles. The Balaban J connectivity index is 1.85. The van der Waals surface area contributed by atoms with Gasteiger partial charge >= 0.3 is 0 Å². The van der Waals surface area contributed by atoms with E-state index in [0.29, 0.717) is 11.8 Å². The van der Waals surface area contributed by atoms with E-state index >= 15 is 0 Å². The monoisotopic (exact) mass is 368 g/mol. The molecule has 0 saturated heterocycles. The topological polar surface area (TPSA) is 24.5 Å². The van der Waals surface area contributed by atoms with Gasteiger partial charge in [0.2, 0.25) is 0 Å². The molecule has 2 aromatic rings. The Morgan fingerprint density at radius 1 is 0.889 bits per heavy atom. The highest BCUT2D eigenvalue weighted by atomic mass is 16.5. The van der Waals surface area contributed by atoms with Crippen LogP contribution in [0.2, 0.25) is 0 Å². The Hall–Kier alpha value is -2.00. The van der Waals surface area contributed by atoms with E-state index in [1.807, 2.05) is 0 Å². The van der Waals surface area contributed by atoms with Crippen molar-refractivity contribution < 1.29 is 4.74 Å². The number of hydrogen-bond acceptors (Lipinski definition) is 3. The normalized spacial score (nSPS) is 12.4. The summed E-state index contributed by atoms with van der Waals surface area (Å²) in [6.07, 6.45) is 1.35. The molecular formula is C24H36N2O. The molecule has 1 N–H and O–H groups in total. The summed E-state index contributed by atoms with van der Waals surface area (Å²) >= 11 is 0. The largest absolute Gasteiger partial charge is 0.491 e. The van der Waals surface area contributed by atoms with Crippen molar-refractivity contribution in [1.29, 1.82) is 0 Å². The molecule has 2 aromatic carbocycles. The number of benzene rings is 2. The smallest absolute Gasteiger partial charge is 0.119 e. The van der Waals surface area contributed by atoms with Crippen LogP contribution in [0.25, 0.3) is 0 Å². The van der Waals surface area contributed by atoms with E-state index < -0.39 is 0 Å². The SMILES string of the molecule is CC(C)Oc1ccc([C@@H](CCNCc2ccc(N(C)C)cc2)C(C)C)cc1. The third-order valence-corrected chi connectivity index (χ3v) is 4.90. The summed E-state index contributed by atoms with van der Waals surface area (Å²) in [5.41, 5.74) is 3.97. The molecule has 0 heterocycles. The van der Waals surface area contributed by atoms with Gasteiger partial charge in [-0.25, -0.2) is 0 Å². The Bertz CT molecular complexity index is 660. The van der Waals surface area contributed by atoms with E-state index in [1.54, 1.807) is 0 Å². The quantitative estimate of drug-likeness (QED) is 0.564. The standard InChI is InChI=1S/C24H36N2O/c1-18(2)24(21-9-13-23(14-10-21)27-19(3)4)15-16-25-17-20-7-11-22(12-8-20)26(5)6/h7-14,18-19,24-25H,15-17H2,1-6H3/t24-/m0/s1. The molecule has 0 fully saturated rings. The van der Waals surface area contributed by atoms with Crippen molar-refractivity contribution in [3.8, 4) is 5.75 Å². The Labute approximate surface area is 165 Å². The molecule has 0 bridgehead atoms. The fraction of sp³-hybridized carbons (Fsp3) is 0.500. The molecule has 0 saturated carbocycles. The molecule has 0 aliphatic rings. The maximum Gasteiger partial charge on any atom is 0.119 e. The second-order valence-corrected chi connectivity index (χ2v) is 8.11. The molecule has 0 spiro atoms. The van der Waals surface area contributed by atoms with Crippen LogP contribution in [-0.4, -0.2) is 26.7 Å². The van der Waals surface area contributed by atoms with Crippen molar-refractivity contribution in [3.63, 3.8) is 0 Å². The van der Waals surface area contributed by atoms with Crippen LogP contribution >= 0.6 is 0 Å². The molecule has 148 valence electrons. The third kappa shape index (κ3) is 6.91. The first-order valence-corrected chi connectivity index (χ1v) is 10.1. The van der Waals surface area contributed by atoms with E-state index in [2.05, 4.69) is 101 Å². The molecule has 3 nitrogen and oxygen atoms in total. The molecule has 0 aliphatic heterocycles. The van der Waals surface area contributed by atoms with Gasteiger partial charge in [0.1, 0.15) is 5.75 Å². The molecule has 0 unspecified atom stereocenters. The molecule has 2 rings (SSSR count). The molecule has 0 aliphatic carbocycles. The van der Waals surface area contributed by atoms with Crippen molar-refractivity contribution in [2.24, 2.45) is 5.92 Å². The number of ether oxygens (including phenoxy) is 1. The van der Waals surface area contributed by atoms with Crippen LogP contribution in [0.3, 0.4) is 0 Å². The predicted octanol–water partition coefficient (Wildman–Crippen LogP) is 5.46. The van der Waals surface area contributed by atoms with Gasteiger partial charge in [0.15, 0.2) is 0 Å². The van der Waals surface area contributed by atoms with Crippen molar-refractivity contribution >= 4 is 5.69 Å². The lowest BCUT2D eigenvalue weighted by Crippen LogP contribution is -2.19. The van der Waals surface area contributed by atoms with Gasteiger partial charge in [-0.3, -0.25) is 0 Å². The molecule has 0 amide bonds. The zero-order valence-corrected chi connectivity index (χ0v) is 17.8. The van der Waals surface area contributed by atoms with Crippen LogP contribution < -0.4 is 15.0 Å². The van der Waals surface area contributed by atoms with Gasteiger partial charge < -0.3 is 15.0 Å². The highest BCUT2D eigenvalue weighted by Gasteiger charge is 2.15. The minimum atomic E-state index is 0.215. The van der Waals surface area contributed by atoms with E-state index in [1.165, 1.54) is 16.8 Å². The summed E-state index contributed by atoms with van der Waals surface area (Å²) in [4.78, 5) is 2.13. The minimum Gasteiger partial charge on any atom is -0.491 e. The summed E-state index contributed by atoms with van der Waals surface area (Å²) in [7, 11) is 4.14. The van der Waals surface area contributed by atoms with Gasteiger partial charge in [0.05, 0.1) is 6.10 Å². The van der Waals surface area contributed by atoms with Crippen molar-refractivity contribution in [2.45, 2.75) is 52.7 Å². The van der Waals surface area contributed by atoms with Gasteiger partial charge in [-0.05, 0) is 74.0 Å². The highest BCUT2D eigenvalue weighted by molar-refractivity contribution is 5.45.